The van der Waals surface area contributed by atoms with E-state index in [-0.39, 0.29) is 70.6 Å². The Kier molecular flexibility index (Phi) is 16.1. The zero-order valence-electron chi connectivity index (χ0n) is 46.8. The number of β-amino-alcohol motifs (C(OH)–C–C–N with tert-alkyl or cyclic N) is 1. The predicted molar refractivity (Wildman–Crippen MR) is 312 cm³/mol. The molecule has 0 radical (unpaired) electrons. The number of amides is 3. The van der Waals surface area contributed by atoms with Crippen molar-refractivity contribution in [3.63, 3.8) is 0 Å². The van der Waals surface area contributed by atoms with Crippen LogP contribution in [-0.4, -0.2) is 102 Å². The van der Waals surface area contributed by atoms with Crippen molar-refractivity contribution < 1.29 is 42.1 Å². The van der Waals surface area contributed by atoms with Crippen LogP contribution in [0.4, 0.5) is 5.69 Å². The first kappa shape index (κ1) is 56.9. The van der Waals surface area contributed by atoms with E-state index < -0.39 is 39.5 Å². The minimum absolute atomic E-state index is 0.00503. The molecule has 1 aliphatic heterocycles. The number of imidazole rings is 1. The van der Waals surface area contributed by atoms with Crippen LogP contribution < -0.4 is 35.3 Å². The highest BCUT2D eigenvalue weighted by atomic mass is 32.2. The summed E-state index contributed by atoms with van der Waals surface area (Å²) < 4.78 is 53.6. The Labute approximate surface area is 479 Å². The molecule has 0 unspecified atom stereocenters. The molecule has 0 spiro atoms. The van der Waals surface area contributed by atoms with E-state index in [0.29, 0.717) is 53.4 Å². The first-order valence-electron chi connectivity index (χ1n) is 27.1. The molecule has 4 aromatic carbocycles. The van der Waals surface area contributed by atoms with Crippen molar-refractivity contribution in [2.75, 3.05) is 17.9 Å². The van der Waals surface area contributed by atoms with E-state index in [0.717, 1.165) is 33.7 Å². The second-order valence-electron chi connectivity index (χ2n) is 22.1. The zero-order valence-corrected chi connectivity index (χ0v) is 48.5. The van der Waals surface area contributed by atoms with Crippen LogP contribution in [0, 0.1) is 12.3 Å². The van der Waals surface area contributed by atoms with Gasteiger partial charge >= 0.3 is 5.69 Å². The largest absolute Gasteiger partial charge is 0.493 e. The fraction of sp³-hybridized carbons (Fsp3) is 0.350. The van der Waals surface area contributed by atoms with E-state index in [1.54, 1.807) is 85.1 Å². The number of aromatic nitrogens is 6. The molecule has 0 bridgehead atoms. The fourth-order valence-corrected chi connectivity index (χ4v) is 12.3. The molecule has 82 heavy (non-hydrogen) atoms. The Hall–Kier alpha value is -8.34. The van der Waals surface area contributed by atoms with Gasteiger partial charge < -0.3 is 34.9 Å². The summed E-state index contributed by atoms with van der Waals surface area (Å²) in [5.74, 6) is 0.314. The highest BCUT2D eigenvalue weighted by molar-refractivity contribution is 7.92. The van der Waals surface area contributed by atoms with Crippen LogP contribution in [0.2, 0.25) is 0 Å². The van der Waals surface area contributed by atoms with Gasteiger partial charge in [-0.3, -0.25) is 32.9 Å². The number of aryl methyl sites for hydroxylation is 3. The lowest BCUT2D eigenvalue weighted by atomic mass is 9.85. The Morgan fingerprint density at radius 2 is 1.61 bits per heavy atom. The van der Waals surface area contributed by atoms with Gasteiger partial charge in [-0.15, -0.1) is 11.3 Å². The molecule has 8 aromatic rings. The van der Waals surface area contributed by atoms with Crippen molar-refractivity contribution in [2.45, 2.75) is 108 Å². The van der Waals surface area contributed by atoms with E-state index in [1.165, 1.54) is 44.4 Å². The molecule has 22 heteroatoms. The van der Waals surface area contributed by atoms with Crippen molar-refractivity contribution in [2.24, 2.45) is 19.5 Å². The van der Waals surface area contributed by atoms with Gasteiger partial charge in [0.15, 0.2) is 5.75 Å². The summed E-state index contributed by atoms with van der Waals surface area (Å²) in [6, 6.07) is 25.0. The predicted octanol–water partition coefficient (Wildman–Crippen LogP) is 8.72. The summed E-state index contributed by atoms with van der Waals surface area (Å²) in [4.78, 5) is 66.3. The van der Waals surface area contributed by atoms with Crippen LogP contribution in [0.5, 0.6) is 23.1 Å². The fourth-order valence-electron chi connectivity index (χ4n) is 10.4. The lowest BCUT2D eigenvalue weighted by Crippen LogP contribution is -2.50. The number of sulfonamides is 1. The number of rotatable bonds is 19. The molecule has 4 aromatic heterocycles. The number of carbonyl (C=O) groups is 3. The molecular weight excluding hydrogens is 1080 g/mol. The summed E-state index contributed by atoms with van der Waals surface area (Å²) in [6.07, 6.45) is 5.75. The average molecular weight is 1150 g/mol. The molecule has 4 atom stereocenters. The number of hydrogen-bond donors (Lipinski definition) is 4. The Morgan fingerprint density at radius 3 is 2.33 bits per heavy atom. The molecule has 4 N–H and O–H groups in total. The summed E-state index contributed by atoms with van der Waals surface area (Å²) in [5, 5.41) is 21.6. The molecule has 428 valence electrons. The van der Waals surface area contributed by atoms with Crippen LogP contribution >= 0.6 is 11.3 Å². The van der Waals surface area contributed by atoms with Crippen molar-refractivity contribution >= 4 is 55.8 Å². The highest BCUT2D eigenvalue weighted by Crippen LogP contribution is 2.39. The summed E-state index contributed by atoms with van der Waals surface area (Å²) in [5.41, 5.74) is 6.40. The van der Waals surface area contributed by atoms with Gasteiger partial charge in [-0.25, -0.2) is 23.2 Å². The first-order valence-corrected chi connectivity index (χ1v) is 29.5. The number of ether oxygens (including phenoxy) is 3. The number of nitrogens with one attached hydrogen (secondary N) is 3. The molecular formula is C60H66N10O10S2. The molecule has 1 saturated carbocycles. The van der Waals surface area contributed by atoms with E-state index in [1.807, 2.05) is 77.4 Å². The number of hydrogen-bond acceptors (Lipinski definition) is 14. The third kappa shape index (κ3) is 12.1. The van der Waals surface area contributed by atoms with E-state index in [2.05, 4.69) is 30.4 Å². The highest BCUT2D eigenvalue weighted by Gasteiger charge is 2.45. The first-order chi connectivity index (χ1) is 39.1. The number of aliphatic hydroxyl groups is 1. The number of anilines is 1. The molecule has 3 amide bonds. The number of fused-ring (bicyclic) bond motifs is 1. The van der Waals surface area contributed by atoms with Gasteiger partial charge in [-0.05, 0) is 84.8 Å². The average Bonchev–Trinajstić information content (AvgIpc) is 3.86. The van der Waals surface area contributed by atoms with Crippen molar-refractivity contribution in [1.29, 1.82) is 0 Å². The van der Waals surface area contributed by atoms with Crippen LogP contribution in [0.3, 0.4) is 0 Å². The number of likely N-dealkylation sites (tertiary alicyclic amines) is 1. The van der Waals surface area contributed by atoms with Gasteiger partial charge in [0, 0.05) is 87.7 Å². The molecule has 5 heterocycles. The van der Waals surface area contributed by atoms with Gasteiger partial charge in [0.25, 0.3) is 15.9 Å². The standard InChI is InChI=1S/C60H66N10O10S2/c1-9-22-78-44-13-11-14-45(28-44)79-52-30-50-49(67(7)59(75)68(50)8)29-48(52)66-82(76,77)47-15-10-12-40(23-47)56(72)65-42-25-46(26-42)80-53-24-39(20-21-61-53)41-31-63-70(32-41)55(60(4,5)6)58(74)69-33-43(71)27-51(69)57(73)64-35(2)37-16-18-38(19-17-37)54-36(3)62-34-81-54/h10-21,23-24,28-32,34-35,42-43,46,51,55,66,71H,9,22,25-27,33H2,1-8H3,(H,64,73)(H,65,72)/t35-,42?,43+,46?,51-,55+/m0/s1. The van der Waals surface area contributed by atoms with Gasteiger partial charge in [0.05, 0.1) is 62.6 Å². The molecule has 10 rings (SSSR count). The topological polar surface area (TPSA) is 243 Å². The number of aliphatic hydroxyl groups excluding tert-OH is 1. The normalized spacial score (nSPS) is 17.9. The summed E-state index contributed by atoms with van der Waals surface area (Å²) in [7, 11) is -1.10. The van der Waals surface area contributed by atoms with Crippen molar-refractivity contribution in [3.8, 4) is 44.7 Å². The Balaban J connectivity index is 0.759. The number of carbonyl (C=O) groups excluding carboxylic acids is 3. The van der Waals surface area contributed by atoms with Crippen LogP contribution in [0.15, 0.2) is 131 Å². The number of pyridine rings is 1. The third-order valence-corrected chi connectivity index (χ3v) is 17.2. The number of benzene rings is 4. The lowest BCUT2D eigenvalue weighted by molar-refractivity contribution is -0.144. The molecule has 1 aliphatic carbocycles. The maximum atomic E-state index is 14.6. The quantitative estimate of drug-likeness (QED) is 0.0593. The second kappa shape index (κ2) is 23.3. The van der Waals surface area contributed by atoms with Gasteiger partial charge in [-0.1, -0.05) is 64.1 Å². The maximum absolute atomic E-state index is 14.6. The minimum Gasteiger partial charge on any atom is -0.493 e. The Bertz CT molecular complexity index is 3860. The summed E-state index contributed by atoms with van der Waals surface area (Å²) >= 11 is 1.57. The van der Waals surface area contributed by atoms with E-state index in [9.17, 15) is 32.7 Å². The molecule has 1 saturated heterocycles. The SMILES string of the molecule is CCCOc1cccc(Oc2cc3c(cc2NS(=O)(=O)c2cccc(C(=O)NC4CC(Oc5cc(-c6cnn([C@H](C(=O)N7C[C@H](O)C[C@H]7C(=O)N[C@@H](C)c7ccc(-c8scnc8C)cc7)C(C)(C)C)c6)ccn5)C4)c2)n(C)c(=O)n3C)c1. The minimum atomic E-state index is -4.32. The Morgan fingerprint density at radius 1 is 0.878 bits per heavy atom. The zero-order chi connectivity index (χ0) is 58.2. The van der Waals surface area contributed by atoms with E-state index in [4.69, 9.17) is 14.2 Å². The monoisotopic (exact) mass is 1150 g/mol. The van der Waals surface area contributed by atoms with Gasteiger partial charge in [-0.2, -0.15) is 5.10 Å². The molecule has 20 nitrogen and oxygen atoms in total. The third-order valence-electron chi connectivity index (χ3n) is 14.9. The van der Waals surface area contributed by atoms with Crippen LogP contribution in [-0.2, 0) is 33.7 Å². The smallest absolute Gasteiger partial charge is 0.328 e. The maximum Gasteiger partial charge on any atom is 0.328 e. The van der Waals surface area contributed by atoms with E-state index >= 15 is 0 Å². The van der Waals surface area contributed by atoms with Crippen molar-refractivity contribution in [1.82, 2.24) is 44.4 Å². The summed E-state index contributed by atoms with van der Waals surface area (Å²) in [6.45, 7) is 12.2. The number of thiazole rings is 1. The van der Waals surface area contributed by atoms with Crippen LogP contribution in [0.1, 0.15) is 94.0 Å². The number of nitrogens with zero attached hydrogens (tertiary/aromatic N) is 7. The van der Waals surface area contributed by atoms with Gasteiger partial charge in [0.2, 0.25) is 17.7 Å². The molecule has 2 fully saturated rings. The molecule has 2 aliphatic rings. The van der Waals surface area contributed by atoms with Crippen LogP contribution in [0.25, 0.3) is 32.6 Å². The lowest BCUT2D eigenvalue weighted by Gasteiger charge is -2.35. The second-order valence-corrected chi connectivity index (χ2v) is 24.6. The van der Waals surface area contributed by atoms with Gasteiger partial charge in [0.1, 0.15) is 29.7 Å². The van der Waals surface area contributed by atoms with Crippen molar-refractivity contribution in [3.05, 3.63) is 148 Å².